The van der Waals surface area contributed by atoms with E-state index in [1.807, 2.05) is 0 Å². The lowest BCUT2D eigenvalue weighted by Gasteiger charge is -2.29. The fourth-order valence-electron chi connectivity index (χ4n) is 1.75. The third-order valence-electron chi connectivity index (χ3n) is 2.53. The molecule has 1 aliphatic rings. The van der Waals surface area contributed by atoms with E-state index in [0.717, 1.165) is 32.0 Å². The lowest BCUT2D eigenvalue weighted by Crippen LogP contribution is -2.24. The van der Waals surface area contributed by atoms with E-state index in [9.17, 15) is 4.79 Å². The van der Waals surface area contributed by atoms with Gasteiger partial charge in [-0.25, -0.2) is 0 Å². The molecule has 1 aliphatic carbocycles. The van der Waals surface area contributed by atoms with E-state index in [4.69, 9.17) is 5.26 Å². The van der Waals surface area contributed by atoms with E-state index in [1.54, 1.807) is 0 Å². The molecular weight excluding hydrogens is 138 g/mol. The normalized spacial score (nSPS) is 22.1. The lowest BCUT2D eigenvalue weighted by atomic mass is 9.73. The molecule has 0 atom stereocenters. The quantitative estimate of drug-likeness (QED) is 0.567. The van der Waals surface area contributed by atoms with Gasteiger partial charge in [-0.05, 0) is 12.8 Å². The molecule has 0 unspecified atom stereocenters. The molecule has 0 N–H and O–H groups in total. The number of hydrogen-bond acceptors (Lipinski definition) is 2. The average Bonchev–Trinajstić information content (AvgIpc) is 2.07. The van der Waals surface area contributed by atoms with Gasteiger partial charge in [-0.2, -0.15) is 5.26 Å². The van der Waals surface area contributed by atoms with Crippen LogP contribution in [0.4, 0.5) is 0 Å². The molecule has 0 aromatic carbocycles. The molecule has 1 rings (SSSR count). The van der Waals surface area contributed by atoms with Gasteiger partial charge >= 0.3 is 0 Å². The number of nitrogens with zero attached hydrogens (tertiary/aromatic N) is 1. The van der Waals surface area contributed by atoms with Crippen molar-refractivity contribution in [2.75, 3.05) is 0 Å². The van der Waals surface area contributed by atoms with E-state index in [2.05, 4.69) is 6.07 Å². The van der Waals surface area contributed by atoms with Crippen LogP contribution in [0.5, 0.6) is 0 Å². The zero-order chi connectivity index (χ0) is 8.16. The Labute approximate surface area is 67.2 Å². The Balaban J connectivity index is 2.58. The first kappa shape index (κ1) is 8.26. The molecular formula is C9H13NO. The van der Waals surface area contributed by atoms with Gasteiger partial charge in [0.2, 0.25) is 0 Å². The van der Waals surface area contributed by atoms with Crippen molar-refractivity contribution in [3.63, 3.8) is 0 Å². The van der Waals surface area contributed by atoms with Crippen molar-refractivity contribution in [1.29, 1.82) is 5.26 Å². The van der Waals surface area contributed by atoms with Crippen LogP contribution in [0.25, 0.3) is 0 Å². The summed E-state index contributed by atoms with van der Waals surface area (Å²) in [5.41, 5.74) is -0.271. The molecule has 0 aromatic heterocycles. The maximum atomic E-state index is 10.7. The second-order valence-corrected chi connectivity index (χ2v) is 3.38. The molecule has 1 saturated carbocycles. The third kappa shape index (κ3) is 1.80. The maximum absolute atomic E-state index is 10.7. The van der Waals surface area contributed by atoms with Gasteiger partial charge in [-0.1, -0.05) is 19.3 Å². The van der Waals surface area contributed by atoms with E-state index in [1.165, 1.54) is 6.42 Å². The van der Waals surface area contributed by atoms with E-state index < -0.39 is 0 Å². The van der Waals surface area contributed by atoms with Crippen LogP contribution in [0.1, 0.15) is 38.5 Å². The zero-order valence-electron chi connectivity index (χ0n) is 6.68. The van der Waals surface area contributed by atoms with E-state index >= 15 is 0 Å². The number of hydrogen-bond donors (Lipinski definition) is 0. The summed E-state index contributed by atoms with van der Waals surface area (Å²) in [6.45, 7) is 0. The van der Waals surface area contributed by atoms with Crippen LogP contribution in [0.2, 0.25) is 0 Å². The Hall–Kier alpha value is -0.840. The van der Waals surface area contributed by atoms with Crippen LogP contribution >= 0.6 is 0 Å². The van der Waals surface area contributed by atoms with Gasteiger partial charge < -0.3 is 4.79 Å². The second kappa shape index (κ2) is 3.52. The number of carbonyl (C=O) groups excluding carboxylic acids is 1. The van der Waals surface area contributed by atoms with Gasteiger partial charge in [0, 0.05) is 11.8 Å². The van der Waals surface area contributed by atoms with Crippen molar-refractivity contribution in [1.82, 2.24) is 0 Å². The van der Waals surface area contributed by atoms with Crippen molar-refractivity contribution < 1.29 is 4.79 Å². The predicted octanol–water partition coefficient (Wildman–Crippen LogP) is 2.05. The Morgan fingerprint density at radius 2 is 2.00 bits per heavy atom. The fourth-order valence-corrected chi connectivity index (χ4v) is 1.75. The van der Waals surface area contributed by atoms with Crippen molar-refractivity contribution in [2.24, 2.45) is 5.41 Å². The fraction of sp³-hybridized carbons (Fsp3) is 0.778. The van der Waals surface area contributed by atoms with Gasteiger partial charge in [0.15, 0.2) is 0 Å². The Bertz CT molecular complexity index is 174. The molecule has 0 heterocycles. The number of nitriles is 1. The molecule has 0 aliphatic heterocycles. The van der Waals surface area contributed by atoms with Crippen LogP contribution in [-0.2, 0) is 4.79 Å². The standard InChI is InChI=1S/C9H13NO/c10-7-6-9(8-11)4-2-1-3-5-9/h8H,1-6H2. The molecule has 0 radical (unpaired) electrons. The highest BCUT2D eigenvalue weighted by atomic mass is 16.1. The summed E-state index contributed by atoms with van der Waals surface area (Å²) in [6, 6.07) is 2.10. The van der Waals surface area contributed by atoms with Gasteiger partial charge in [0.05, 0.1) is 6.07 Å². The highest BCUT2D eigenvalue weighted by Crippen LogP contribution is 2.36. The summed E-state index contributed by atoms with van der Waals surface area (Å²) in [7, 11) is 0. The zero-order valence-corrected chi connectivity index (χ0v) is 6.68. The van der Waals surface area contributed by atoms with Gasteiger partial charge in [-0.3, -0.25) is 0 Å². The first-order valence-electron chi connectivity index (χ1n) is 4.16. The summed E-state index contributed by atoms with van der Waals surface area (Å²) in [6.07, 6.45) is 6.70. The topological polar surface area (TPSA) is 40.9 Å². The van der Waals surface area contributed by atoms with E-state index in [0.29, 0.717) is 6.42 Å². The van der Waals surface area contributed by atoms with Crippen LogP contribution in [-0.4, -0.2) is 6.29 Å². The molecule has 0 aromatic rings. The summed E-state index contributed by atoms with van der Waals surface area (Å²) in [5, 5.41) is 8.51. The van der Waals surface area contributed by atoms with Crippen molar-refractivity contribution >= 4 is 6.29 Å². The molecule has 0 spiro atoms. The van der Waals surface area contributed by atoms with E-state index in [-0.39, 0.29) is 5.41 Å². The van der Waals surface area contributed by atoms with Crippen LogP contribution < -0.4 is 0 Å². The molecule has 0 bridgehead atoms. The minimum atomic E-state index is -0.271. The summed E-state index contributed by atoms with van der Waals surface area (Å²) in [5.74, 6) is 0. The second-order valence-electron chi connectivity index (χ2n) is 3.38. The molecule has 0 amide bonds. The number of carbonyl (C=O) groups is 1. The predicted molar refractivity (Wildman–Crippen MR) is 41.8 cm³/mol. The van der Waals surface area contributed by atoms with Crippen LogP contribution in [0.15, 0.2) is 0 Å². The first-order chi connectivity index (χ1) is 5.33. The first-order valence-corrected chi connectivity index (χ1v) is 4.16. The van der Waals surface area contributed by atoms with Crippen molar-refractivity contribution in [3.05, 3.63) is 0 Å². The average molecular weight is 151 g/mol. The smallest absolute Gasteiger partial charge is 0.127 e. The minimum Gasteiger partial charge on any atom is -0.303 e. The molecule has 60 valence electrons. The largest absolute Gasteiger partial charge is 0.303 e. The summed E-state index contributed by atoms with van der Waals surface area (Å²) >= 11 is 0. The van der Waals surface area contributed by atoms with Gasteiger partial charge in [0.1, 0.15) is 6.29 Å². The van der Waals surface area contributed by atoms with Crippen LogP contribution in [0, 0.1) is 16.7 Å². The Morgan fingerprint density at radius 1 is 1.36 bits per heavy atom. The van der Waals surface area contributed by atoms with Crippen LogP contribution in [0.3, 0.4) is 0 Å². The SMILES string of the molecule is N#CCC1(C=O)CCCCC1. The van der Waals surface area contributed by atoms with Crippen molar-refractivity contribution in [3.8, 4) is 6.07 Å². The number of aldehydes is 1. The molecule has 2 nitrogen and oxygen atoms in total. The monoisotopic (exact) mass is 151 g/mol. The lowest BCUT2D eigenvalue weighted by molar-refractivity contribution is -0.117. The van der Waals surface area contributed by atoms with Crippen molar-refractivity contribution in [2.45, 2.75) is 38.5 Å². The van der Waals surface area contributed by atoms with Gasteiger partial charge in [0.25, 0.3) is 0 Å². The highest BCUT2D eigenvalue weighted by Gasteiger charge is 2.31. The highest BCUT2D eigenvalue weighted by molar-refractivity contribution is 5.60. The van der Waals surface area contributed by atoms with Gasteiger partial charge in [-0.15, -0.1) is 0 Å². The summed E-state index contributed by atoms with van der Waals surface area (Å²) < 4.78 is 0. The maximum Gasteiger partial charge on any atom is 0.127 e. The Morgan fingerprint density at radius 3 is 2.45 bits per heavy atom. The molecule has 0 saturated heterocycles. The molecule has 1 fully saturated rings. The molecule has 2 heteroatoms. The third-order valence-corrected chi connectivity index (χ3v) is 2.53. The minimum absolute atomic E-state index is 0.271. The number of rotatable bonds is 2. The summed E-state index contributed by atoms with van der Waals surface area (Å²) in [4.78, 5) is 10.7. The molecule has 11 heavy (non-hydrogen) atoms. The Kier molecular flexibility index (Phi) is 2.64.